The van der Waals surface area contributed by atoms with E-state index in [4.69, 9.17) is 5.73 Å². The van der Waals surface area contributed by atoms with Crippen LogP contribution in [-0.2, 0) is 6.42 Å². The molecule has 0 aromatic carbocycles. The standard InChI is InChI=1S/C14H17N5OS/c1-8-19-11-9(3-2-4-10(11)21-8)7-18-14(20)12-13(15)17-6-5-16-12/h5-6,9H,2-4,7H2,1H3,(H2,15,17)(H,18,20)/t9-/m0/s1. The minimum Gasteiger partial charge on any atom is -0.382 e. The average Bonchev–Trinajstić information content (AvgIpc) is 2.86. The zero-order valence-corrected chi connectivity index (χ0v) is 12.6. The zero-order valence-electron chi connectivity index (χ0n) is 11.8. The summed E-state index contributed by atoms with van der Waals surface area (Å²) < 4.78 is 0. The molecule has 0 bridgehead atoms. The summed E-state index contributed by atoms with van der Waals surface area (Å²) in [6.45, 7) is 2.59. The van der Waals surface area contributed by atoms with E-state index >= 15 is 0 Å². The van der Waals surface area contributed by atoms with E-state index in [0.29, 0.717) is 6.54 Å². The van der Waals surface area contributed by atoms with E-state index in [-0.39, 0.29) is 23.3 Å². The van der Waals surface area contributed by atoms with Crippen LogP contribution in [0, 0.1) is 6.92 Å². The normalized spacial score (nSPS) is 17.3. The largest absolute Gasteiger partial charge is 0.382 e. The Balaban J connectivity index is 1.69. The van der Waals surface area contributed by atoms with Crippen LogP contribution in [0.2, 0.25) is 0 Å². The Bertz CT molecular complexity index is 669. The van der Waals surface area contributed by atoms with Crippen LogP contribution in [0.1, 0.15) is 44.8 Å². The van der Waals surface area contributed by atoms with Crippen molar-refractivity contribution < 1.29 is 4.79 Å². The topological polar surface area (TPSA) is 93.8 Å². The Morgan fingerprint density at radius 2 is 2.29 bits per heavy atom. The van der Waals surface area contributed by atoms with E-state index in [2.05, 4.69) is 20.3 Å². The van der Waals surface area contributed by atoms with E-state index in [1.54, 1.807) is 11.3 Å². The van der Waals surface area contributed by atoms with Crippen molar-refractivity contribution >= 4 is 23.1 Å². The van der Waals surface area contributed by atoms with E-state index < -0.39 is 0 Å². The molecular weight excluding hydrogens is 286 g/mol. The first-order chi connectivity index (χ1) is 10.1. The number of hydrogen-bond acceptors (Lipinski definition) is 6. The molecule has 0 aliphatic heterocycles. The van der Waals surface area contributed by atoms with Gasteiger partial charge in [0.25, 0.3) is 5.91 Å². The molecule has 1 aliphatic rings. The van der Waals surface area contributed by atoms with Crippen LogP contribution in [0.3, 0.4) is 0 Å². The Morgan fingerprint density at radius 1 is 1.48 bits per heavy atom. The summed E-state index contributed by atoms with van der Waals surface area (Å²) in [4.78, 5) is 25.9. The van der Waals surface area contributed by atoms with E-state index in [1.807, 2.05) is 6.92 Å². The lowest BCUT2D eigenvalue weighted by Crippen LogP contribution is -2.31. The van der Waals surface area contributed by atoms with Crippen molar-refractivity contribution in [2.45, 2.75) is 32.1 Å². The molecule has 6 nitrogen and oxygen atoms in total. The molecule has 3 N–H and O–H groups in total. The van der Waals surface area contributed by atoms with Gasteiger partial charge in [-0.25, -0.2) is 15.0 Å². The molecule has 2 heterocycles. The predicted octanol–water partition coefficient (Wildman–Crippen LogP) is 1.67. The van der Waals surface area contributed by atoms with Gasteiger partial charge in [-0.2, -0.15) is 0 Å². The van der Waals surface area contributed by atoms with Gasteiger partial charge < -0.3 is 11.1 Å². The molecular formula is C14H17N5OS. The maximum atomic E-state index is 12.1. The van der Waals surface area contributed by atoms with Crippen LogP contribution >= 0.6 is 11.3 Å². The number of nitrogens with two attached hydrogens (primary N) is 1. The number of nitrogen functional groups attached to an aromatic ring is 1. The van der Waals surface area contributed by atoms with E-state index in [0.717, 1.165) is 30.0 Å². The molecule has 1 amide bonds. The number of hydrogen-bond donors (Lipinski definition) is 2. The third-order valence-electron chi connectivity index (χ3n) is 3.63. The van der Waals surface area contributed by atoms with E-state index in [1.165, 1.54) is 17.3 Å². The summed E-state index contributed by atoms with van der Waals surface area (Å²) >= 11 is 1.76. The van der Waals surface area contributed by atoms with Gasteiger partial charge in [0.2, 0.25) is 0 Å². The van der Waals surface area contributed by atoms with Gasteiger partial charge in [0.15, 0.2) is 11.5 Å². The number of thiazole rings is 1. The number of aryl methyl sites for hydroxylation is 2. The van der Waals surface area contributed by atoms with Gasteiger partial charge in [0, 0.05) is 29.7 Å². The fourth-order valence-electron chi connectivity index (χ4n) is 2.65. The fraction of sp³-hybridized carbons (Fsp3) is 0.429. The van der Waals surface area contributed by atoms with Crippen molar-refractivity contribution in [2.75, 3.05) is 12.3 Å². The number of rotatable bonds is 3. The van der Waals surface area contributed by atoms with Gasteiger partial charge in [-0.05, 0) is 26.2 Å². The molecule has 0 saturated carbocycles. The number of carbonyl (C=O) groups excluding carboxylic acids is 1. The summed E-state index contributed by atoms with van der Waals surface area (Å²) in [6, 6.07) is 0. The number of fused-ring (bicyclic) bond motifs is 1. The molecule has 0 fully saturated rings. The van der Waals surface area contributed by atoms with Crippen LogP contribution < -0.4 is 11.1 Å². The lowest BCUT2D eigenvalue weighted by molar-refractivity contribution is 0.0946. The molecule has 21 heavy (non-hydrogen) atoms. The van der Waals surface area contributed by atoms with Crippen LogP contribution in [0.25, 0.3) is 0 Å². The molecule has 2 aromatic rings. The molecule has 1 aliphatic carbocycles. The van der Waals surface area contributed by atoms with Gasteiger partial charge in [-0.1, -0.05) is 0 Å². The smallest absolute Gasteiger partial charge is 0.273 e. The van der Waals surface area contributed by atoms with Crippen molar-refractivity contribution in [1.29, 1.82) is 0 Å². The van der Waals surface area contributed by atoms with Crippen molar-refractivity contribution in [3.05, 3.63) is 33.7 Å². The molecule has 0 spiro atoms. The van der Waals surface area contributed by atoms with Gasteiger partial charge in [0.1, 0.15) is 0 Å². The first-order valence-corrected chi connectivity index (χ1v) is 7.77. The summed E-state index contributed by atoms with van der Waals surface area (Å²) in [6.07, 6.45) is 6.22. The highest BCUT2D eigenvalue weighted by Crippen LogP contribution is 2.34. The number of aromatic nitrogens is 3. The van der Waals surface area contributed by atoms with Gasteiger partial charge in [0.05, 0.1) is 10.7 Å². The van der Waals surface area contributed by atoms with Crippen LogP contribution in [-0.4, -0.2) is 27.4 Å². The summed E-state index contributed by atoms with van der Waals surface area (Å²) in [5.74, 6) is 0.157. The second-order valence-corrected chi connectivity index (χ2v) is 6.42. The maximum Gasteiger partial charge on any atom is 0.273 e. The van der Waals surface area contributed by atoms with Gasteiger partial charge in [-0.3, -0.25) is 4.79 Å². The Hall–Kier alpha value is -2.02. The predicted molar refractivity (Wildman–Crippen MR) is 81.3 cm³/mol. The number of nitrogens with one attached hydrogen (secondary N) is 1. The van der Waals surface area contributed by atoms with Crippen molar-refractivity contribution in [1.82, 2.24) is 20.3 Å². The van der Waals surface area contributed by atoms with Crippen LogP contribution in [0.4, 0.5) is 5.82 Å². The Morgan fingerprint density at radius 3 is 3.10 bits per heavy atom. The molecule has 2 aromatic heterocycles. The summed E-state index contributed by atoms with van der Waals surface area (Å²) in [7, 11) is 0. The maximum absolute atomic E-state index is 12.1. The number of carbonyl (C=O) groups is 1. The molecule has 1 atom stereocenters. The quantitative estimate of drug-likeness (QED) is 0.899. The highest BCUT2D eigenvalue weighted by molar-refractivity contribution is 7.11. The molecule has 0 saturated heterocycles. The summed E-state index contributed by atoms with van der Waals surface area (Å²) in [5.41, 5.74) is 7.00. The molecule has 3 rings (SSSR count). The number of amides is 1. The van der Waals surface area contributed by atoms with Gasteiger partial charge in [-0.15, -0.1) is 11.3 Å². The van der Waals surface area contributed by atoms with Crippen molar-refractivity contribution in [2.24, 2.45) is 0 Å². The highest BCUT2D eigenvalue weighted by Gasteiger charge is 2.25. The molecule has 0 radical (unpaired) electrons. The van der Waals surface area contributed by atoms with Crippen molar-refractivity contribution in [3.63, 3.8) is 0 Å². The number of anilines is 1. The monoisotopic (exact) mass is 303 g/mol. The lowest BCUT2D eigenvalue weighted by atomic mass is 9.91. The van der Waals surface area contributed by atoms with E-state index in [9.17, 15) is 4.79 Å². The summed E-state index contributed by atoms with van der Waals surface area (Å²) in [5, 5.41) is 4.00. The van der Waals surface area contributed by atoms with Crippen LogP contribution in [0.15, 0.2) is 12.4 Å². The molecule has 0 unspecified atom stereocenters. The molecule has 110 valence electrons. The minimum absolute atomic E-state index is 0.156. The first kappa shape index (κ1) is 13.9. The Kier molecular flexibility index (Phi) is 3.83. The van der Waals surface area contributed by atoms with Gasteiger partial charge >= 0.3 is 0 Å². The van der Waals surface area contributed by atoms with Crippen molar-refractivity contribution in [3.8, 4) is 0 Å². The SMILES string of the molecule is Cc1nc2c(s1)CCC[C@H]2CNC(=O)c1nccnc1N. The third kappa shape index (κ3) is 2.87. The highest BCUT2D eigenvalue weighted by atomic mass is 32.1. The third-order valence-corrected chi connectivity index (χ3v) is 4.67. The molecule has 7 heteroatoms. The minimum atomic E-state index is -0.278. The first-order valence-electron chi connectivity index (χ1n) is 6.96. The van der Waals surface area contributed by atoms with Crippen LogP contribution in [0.5, 0.6) is 0 Å². The lowest BCUT2D eigenvalue weighted by Gasteiger charge is -2.21. The Labute approximate surface area is 126 Å². The fourth-order valence-corrected chi connectivity index (χ4v) is 3.72. The second-order valence-electron chi connectivity index (χ2n) is 5.13. The average molecular weight is 303 g/mol. The second kappa shape index (κ2) is 5.77. The number of nitrogens with zero attached hydrogens (tertiary/aromatic N) is 3. The zero-order chi connectivity index (χ0) is 14.8.